The Labute approximate surface area is 185 Å². The second-order valence-electron chi connectivity index (χ2n) is 6.71. The van der Waals surface area contributed by atoms with Gasteiger partial charge in [0.05, 0.1) is 5.02 Å². The van der Waals surface area contributed by atoms with Crippen LogP contribution in [-0.2, 0) is 17.8 Å². The first-order valence-electron chi connectivity index (χ1n) is 9.46. The molecule has 1 amide bonds. The lowest BCUT2D eigenvalue weighted by molar-refractivity contribution is -0.114. The molecule has 3 rings (SSSR count). The molecule has 4 N–H and O–H groups in total. The van der Waals surface area contributed by atoms with Gasteiger partial charge >= 0.3 is 0 Å². The fourth-order valence-corrected chi connectivity index (χ4v) is 4.14. The van der Waals surface area contributed by atoms with Gasteiger partial charge in [-0.1, -0.05) is 41.6 Å². The van der Waals surface area contributed by atoms with Gasteiger partial charge in [0, 0.05) is 41.2 Å². The Morgan fingerprint density at radius 1 is 1.03 bits per heavy atom. The number of anilines is 2. The fraction of sp³-hybridized carbons (Fsp3) is 0.174. The molecule has 0 unspecified atom stereocenters. The zero-order valence-electron chi connectivity index (χ0n) is 16.5. The summed E-state index contributed by atoms with van der Waals surface area (Å²) in [5.41, 5.74) is 3.26. The molecule has 0 saturated carbocycles. The van der Waals surface area contributed by atoms with Crippen molar-refractivity contribution in [3.8, 4) is 5.75 Å². The maximum Gasteiger partial charge on any atom is 0.221 e. The van der Waals surface area contributed by atoms with Crippen molar-refractivity contribution in [2.75, 3.05) is 17.2 Å². The molecule has 0 fully saturated rings. The normalized spacial score (nSPS) is 10.6. The molecule has 30 heavy (non-hydrogen) atoms. The number of nitrogens with one attached hydrogen (secondary N) is 2. The molecule has 7 heteroatoms. The van der Waals surface area contributed by atoms with E-state index in [1.165, 1.54) is 6.92 Å². The van der Waals surface area contributed by atoms with Gasteiger partial charge in [-0.3, -0.25) is 4.79 Å². The molecule has 5 nitrogen and oxygen atoms in total. The summed E-state index contributed by atoms with van der Waals surface area (Å²) in [6, 6.07) is 19.3. The predicted octanol–water partition coefficient (Wildman–Crippen LogP) is 5.30. The Hall–Kier alpha value is -2.67. The lowest BCUT2D eigenvalue weighted by atomic mass is 10.1. The molecule has 0 aliphatic carbocycles. The fourth-order valence-electron chi connectivity index (χ4n) is 2.95. The van der Waals surface area contributed by atoms with E-state index in [1.54, 1.807) is 23.9 Å². The van der Waals surface area contributed by atoms with Crippen LogP contribution in [-0.4, -0.2) is 22.7 Å². The van der Waals surface area contributed by atoms with Gasteiger partial charge in [0.25, 0.3) is 0 Å². The van der Waals surface area contributed by atoms with Crippen LogP contribution in [0.1, 0.15) is 18.1 Å². The van der Waals surface area contributed by atoms with Gasteiger partial charge in [-0.2, -0.15) is 0 Å². The summed E-state index contributed by atoms with van der Waals surface area (Å²) in [6.45, 7) is 2.00. The number of phenols is 1. The third-order valence-corrected chi connectivity index (χ3v) is 5.80. The largest absolute Gasteiger partial charge is 0.506 e. The molecule has 0 radical (unpaired) electrons. The molecule has 0 aliphatic heterocycles. The lowest BCUT2D eigenvalue weighted by Crippen LogP contribution is -2.05. The third-order valence-electron chi connectivity index (χ3n) is 4.38. The van der Waals surface area contributed by atoms with Gasteiger partial charge < -0.3 is 20.8 Å². The highest BCUT2D eigenvalue weighted by Gasteiger charge is 2.10. The topological polar surface area (TPSA) is 81.6 Å². The lowest BCUT2D eigenvalue weighted by Gasteiger charge is -2.14. The standard InChI is InChI=1S/C23H23ClN2O3S/c1-15(28)26-18-6-8-20(9-7-18)30-22-5-3-2-4-17(22)14-25-19-12-16(10-11-27)23(29)21(24)13-19/h2-9,12-13,25,27,29H,10-11,14H2,1H3,(H,26,28). The summed E-state index contributed by atoms with van der Waals surface area (Å²) in [5, 5.41) is 25.6. The van der Waals surface area contributed by atoms with E-state index in [4.69, 9.17) is 11.6 Å². The summed E-state index contributed by atoms with van der Waals surface area (Å²) < 4.78 is 0. The second kappa shape index (κ2) is 10.4. The number of aliphatic hydroxyl groups excluding tert-OH is 1. The first kappa shape index (κ1) is 22.0. The predicted molar refractivity (Wildman–Crippen MR) is 123 cm³/mol. The van der Waals surface area contributed by atoms with E-state index in [0.717, 1.165) is 26.7 Å². The average molecular weight is 443 g/mol. The molecular weight excluding hydrogens is 420 g/mol. The highest BCUT2D eigenvalue weighted by Crippen LogP contribution is 2.34. The van der Waals surface area contributed by atoms with Gasteiger partial charge in [-0.25, -0.2) is 0 Å². The average Bonchev–Trinajstić information content (AvgIpc) is 2.72. The number of halogens is 1. The first-order valence-corrected chi connectivity index (χ1v) is 10.6. The molecule has 3 aromatic carbocycles. The van der Waals surface area contributed by atoms with E-state index >= 15 is 0 Å². The minimum absolute atomic E-state index is 0.00920. The van der Waals surface area contributed by atoms with Crippen molar-refractivity contribution in [3.63, 3.8) is 0 Å². The SMILES string of the molecule is CC(=O)Nc1ccc(Sc2ccccc2CNc2cc(Cl)c(O)c(CCO)c2)cc1. The number of carbonyl (C=O) groups excluding carboxylic acids is 1. The van der Waals surface area contributed by atoms with Gasteiger partial charge in [-0.05, 0) is 60.0 Å². The van der Waals surface area contributed by atoms with Crippen molar-refractivity contribution >= 4 is 40.6 Å². The van der Waals surface area contributed by atoms with E-state index in [1.807, 2.05) is 36.4 Å². The Bertz CT molecular complexity index is 1030. The van der Waals surface area contributed by atoms with Crippen LogP contribution in [0, 0.1) is 0 Å². The van der Waals surface area contributed by atoms with E-state index in [2.05, 4.69) is 22.8 Å². The van der Waals surface area contributed by atoms with Crippen molar-refractivity contribution in [3.05, 3.63) is 76.8 Å². The molecule has 156 valence electrons. The van der Waals surface area contributed by atoms with Crippen LogP contribution in [0.3, 0.4) is 0 Å². The van der Waals surface area contributed by atoms with Gasteiger partial charge in [0.15, 0.2) is 0 Å². The maximum absolute atomic E-state index is 11.2. The van der Waals surface area contributed by atoms with Gasteiger partial charge in [0.2, 0.25) is 5.91 Å². The number of phenolic OH excluding ortho intramolecular Hbond substituents is 1. The molecule has 0 aromatic heterocycles. The molecule has 0 aliphatic rings. The van der Waals surface area contributed by atoms with E-state index < -0.39 is 0 Å². The van der Waals surface area contributed by atoms with Crippen molar-refractivity contribution in [1.29, 1.82) is 0 Å². The number of hydrogen-bond acceptors (Lipinski definition) is 5. The summed E-state index contributed by atoms with van der Waals surface area (Å²) in [6.07, 6.45) is 0.335. The monoisotopic (exact) mass is 442 g/mol. The van der Waals surface area contributed by atoms with Crippen LogP contribution < -0.4 is 10.6 Å². The van der Waals surface area contributed by atoms with E-state index in [-0.39, 0.29) is 23.3 Å². The summed E-state index contributed by atoms with van der Waals surface area (Å²) in [7, 11) is 0. The number of aliphatic hydroxyl groups is 1. The summed E-state index contributed by atoms with van der Waals surface area (Å²) in [4.78, 5) is 13.3. The molecule has 3 aromatic rings. The van der Waals surface area contributed by atoms with Crippen LogP contribution in [0.5, 0.6) is 5.75 Å². The minimum Gasteiger partial charge on any atom is -0.506 e. The van der Waals surface area contributed by atoms with Crippen LogP contribution in [0.25, 0.3) is 0 Å². The maximum atomic E-state index is 11.2. The second-order valence-corrected chi connectivity index (χ2v) is 8.23. The van der Waals surface area contributed by atoms with Crippen LogP contribution in [0.4, 0.5) is 11.4 Å². The van der Waals surface area contributed by atoms with E-state index in [0.29, 0.717) is 18.5 Å². The van der Waals surface area contributed by atoms with Gasteiger partial charge in [0.1, 0.15) is 5.75 Å². The molecule has 0 saturated heterocycles. The number of amides is 1. The Morgan fingerprint density at radius 3 is 2.47 bits per heavy atom. The minimum atomic E-state index is -0.0942. The highest BCUT2D eigenvalue weighted by molar-refractivity contribution is 7.99. The van der Waals surface area contributed by atoms with Crippen LogP contribution in [0.15, 0.2) is 70.5 Å². The first-order chi connectivity index (χ1) is 14.5. The third kappa shape index (κ3) is 5.92. The van der Waals surface area contributed by atoms with Crippen LogP contribution in [0.2, 0.25) is 5.02 Å². The zero-order chi connectivity index (χ0) is 21.5. The number of benzene rings is 3. The number of aromatic hydroxyl groups is 1. The van der Waals surface area contributed by atoms with Crippen molar-refractivity contribution in [1.82, 2.24) is 0 Å². The number of rotatable bonds is 8. The molecule has 0 bridgehead atoms. The van der Waals surface area contributed by atoms with Crippen molar-refractivity contribution in [2.45, 2.75) is 29.7 Å². The molecule has 0 heterocycles. The zero-order valence-corrected chi connectivity index (χ0v) is 18.1. The highest BCUT2D eigenvalue weighted by atomic mass is 35.5. The van der Waals surface area contributed by atoms with Crippen molar-refractivity contribution in [2.24, 2.45) is 0 Å². The van der Waals surface area contributed by atoms with Crippen molar-refractivity contribution < 1.29 is 15.0 Å². The Balaban J connectivity index is 1.72. The molecule has 0 atom stereocenters. The molecule has 0 spiro atoms. The Kier molecular flexibility index (Phi) is 7.63. The Morgan fingerprint density at radius 2 is 1.77 bits per heavy atom. The summed E-state index contributed by atoms with van der Waals surface area (Å²) in [5.74, 6) is -0.0850. The number of hydrogen-bond donors (Lipinski definition) is 4. The van der Waals surface area contributed by atoms with Gasteiger partial charge in [-0.15, -0.1) is 0 Å². The smallest absolute Gasteiger partial charge is 0.221 e. The van der Waals surface area contributed by atoms with E-state index in [9.17, 15) is 15.0 Å². The number of carbonyl (C=O) groups is 1. The summed E-state index contributed by atoms with van der Waals surface area (Å²) >= 11 is 7.76. The quantitative estimate of drug-likeness (QED) is 0.356. The van der Waals surface area contributed by atoms with Crippen LogP contribution >= 0.6 is 23.4 Å². The molecular formula is C23H23ClN2O3S.